The highest BCUT2D eigenvalue weighted by Crippen LogP contribution is 2.27. The van der Waals surface area contributed by atoms with Crippen molar-refractivity contribution in [1.29, 1.82) is 0 Å². The molecule has 1 aromatic rings. The minimum absolute atomic E-state index is 0. The van der Waals surface area contributed by atoms with Gasteiger partial charge in [0, 0.05) is 7.47 Å². The van der Waals surface area contributed by atoms with E-state index in [1.807, 2.05) is 19.2 Å². The van der Waals surface area contributed by atoms with Crippen LogP contribution in [0.2, 0.25) is 0 Å². The highest BCUT2D eigenvalue weighted by atomic mass is 19.1. The minimum Gasteiger partial charge on any atom is -0.489 e. The zero-order chi connectivity index (χ0) is 14.5. The van der Waals surface area contributed by atoms with Gasteiger partial charge in [0.2, 0.25) is 0 Å². The van der Waals surface area contributed by atoms with Gasteiger partial charge in [-0.1, -0.05) is 40.2 Å². The predicted molar refractivity (Wildman–Crippen MR) is 80.5 cm³/mol. The molecule has 1 rings (SSSR count). The van der Waals surface area contributed by atoms with Crippen molar-refractivity contribution >= 4 is 0 Å². The molecule has 0 bridgehead atoms. The van der Waals surface area contributed by atoms with E-state index >= 15 is 0 Å². The number of hydrogen-bond donors (Lipinski definition) is 1. The van der Waals surface area contributed by atoms with E-state index in [-0.39, 0.29) is 18.7 Å². The quantitative estimate of drug-likeness (QED) is 0.838. The van der Waals surface area contributed by atoms with Crippen LogP contribution in [-0.2, 0) is 5.41 Å². The van der Waals surface area contributed by atoms with Crippen molar-refractivity contribution in [3.8, 4) is 5.75 Å². The maximum absolute atomic E-state index is 13.8. The van der Waals surface area contributed by atoms with Gasteiger partial charge in [-0.15, -0.1) is 0 Å². The molecule has 0 radical (unpaired) electrons. The van der Waals surface area contributed by atoms with Gasteiger partial charge >= 0.3 is 0 Å². The second-order valence-corrected chi connectivity index (χ2v) is 5.98. The third kappa shape index (κ3) is 4.83. The van der Waals surface area contributed by atoms with Crippen molar-refractivity contribution in [1.82, 2.24) is 5.32 Å². The number of halogens is 1. The average Bonchev–Trinajstić information content (AvgIpc) is 2.34. The van der Waals surface area contributed by atoms with Crippen LogP contribution in [0.3, 0.4) is 0 Å². The fraction of sp³-hybridized carbons (Fsp3) is 0.625. The standard InChI is InChI=1S/C16H26FNO.H2/c1-6-7-13(18-5)11-19-15-10-12(16(2,3)4)8-9-14(15)17;/h8-10,13,18H,6-7,11H2,1-5H3;1H/t13-;/m1./s1. The molecule has 0 fully saturated rings. The Morgan fingerprint density at radius 1 is 1.37 bits per heavy atom. The van der Waals surface area contributed by atoms with Gasteiger partial charge in [-0.05, 0) is 36.6 Å². The summed E-state index contributed by atoms with van der Waals surface area (Å²) in [5.74, 6) is 0.0585. The predicted octanol–water partition coefficient (Wildman–Crippen LogP) is 4.14. The molecule has 0 aliphatic heterocycles. The van der Waals surface area contributed by atoms with Crippen LogP contribution in [-0.4, -0.2) is 19.7 Å². The maximum atomic E-state index is 13.8. The van der Waals surface area contributed by atoms with Gasteiger partial charge in [0.05, 0.1) is 0 Å². The first-order chi connectivity index (χ1) is 8.88. The first-order valence-electron chi connectivity index (χ1n) is 6.98. The summed E-state index contributed by atoms with van der Waals surface area (Å²) >= 11 is 0. The molecule has 0 saturated heterocycles. The van der Waals surface area contributed by atoms with Gasteiger partial charge in [-0.25, -0.2) is 4.39 Å². The van der Waals surface area contributed by atoms with Crippen LogP contribution in [0.15, 0.2) is 18.2 Å². The highest BCUT2D eigenvalue weighted by molar-refractivity contribution is 5.34. The fourth-order valence-electron chi connectivity index (χ4n) is 1.93. The molecule has 19 heavy (non-hydrogen) atoms. The van der Waals surface area contributed by atoms with Crippen molar-refractivity contribution in [3.05, 3.63) is 29.6 Å². The van der Waals surface area contributed by atoms with Crippen molar-refractivity contribution in [2.45, 2.75) is 52.0 Å². The lowest BCUT2D eigenvalue weighted by Gasteiger charge is -2.21. The van der Waals surface area contributed by atoms with Gasteiger partial charge in [0.15, 0.2) is 11.6 Å². The molecule has 2 nitrogen and oxygen atoms in total. The summed E-state index contributed by atoms with van der Waals surface area (Å²) in [7, 11) is 1.91. The van der Waals surface area contributed by atoms with Crippen molar-refractivity contribution in [2.75, 3.05) is 13.7 Å². The summed E-state index contributed by atoms with van der Waals surface area (Å²) in [6, 6.07) is 5.39. The normalized spacial score (nSPS) is 13.4. The summed E-state index contributed by atoms with van der Waals surface area (Å²) in [5, 5.41) is 3.19. The van der Waals surface area contributed by atoms with Crippen LogP contribution >= 0.6 is 0 Å². The second-order valence-electron chi connectivity index (χ2n) is 5.98. The number of nitrogens with one attached hydrogen (secondary N) is 1. The van der Waals surface area contributed by atoms with E-state index in [4.69, 9.17) is 4.74 Å². The smallest absolute Gasteiger partial charge is 0.165 e. The number of hydrogen-bond acceptors (Lipinski definition) is 2. The molecule has 1 aromatic carbocycles. The molecule has 0 saturated carbocycles. The number of likely N-dealkylation sites (N-methyl/N-ethyl adjacent to an activating group) is 1. The van der Waals surface area contributed by atoms with Gasteiger partial charge in [-0.3, -0.25) is 0 Å². The second kappa shape index (κ2) is 6.90. The number of rotatable bonds is 6. The van der Waals surface area contributed by atoms with E-state index in [0.717, 1.165) is 18.4 Å². The van der Waals surface area contributed by atoms with Crippen molar-refractivity contribution in [3.63, 3.8) is 0 Å². The minimum atomic E-state index is -0.292. The average molecular weight is 269 g/mol. The van der Waals surface area contributed by atoms with Crippen molar-refractivity contribution < 1.29 is 10.6 Å². The third-order valence-corrected chi connectivity index (χ3v) is 3.28. The zero-order valence-electron chi connectivity index (χ0n) is 12.7. The van der Waals surface area contributed by atoms with Crippen LogP contribution in [0.25, 0.3) is 0 Å². The molecule has 0 aliphatic carbocycles. The molecular weight excluding hydrogens is 241 g/mol. The van der Waals surface area contributed by atoms with Gasteiger partial charge in [0.1, 0.15) is 6.61 Å². The van der Waals surface area contributed by atoms with Gasteiger partial charge in [0.25, 0.3) is 0 Å². The molecule has 0 spiro atoms. The number of ether oxygens (including phenoxy) is 1. The molecule has 3 heteroatoms. The molecule has 0 aliphatic rings. The fourth-order valence-corrected chi connectivity index (χ4v) is 1.93. The van der Waals surface area contributed by atoms with Crippen LogP contribution < -0.4 is 10.1 Å². The molecule has 0 amide bonds. The van der Waals surface area contributed by atoms with E-state index in [9.17, 15) is 4.39 Å². The molecule has 1 atom stereocenters. The Hall–Kier alpha value is -1.09. The highest BCUT2D eigenvalue weighted by Gasteiger charge is 2.17. The van der Waals surface area contributed by atoms with E-state index in [2.05, 4.69) is 33.0 Å². The van der Waals surface area contributed by atoms with Gasteiger partial charge in [-0.2, -0.15) is 0 Å². The summed E-state index contributed by atoms with van der Waals surface area (Å²) < 4.78 is 19.4. The Labute approximate surface area is 117 Å². The first kappa shape index (κ1) is 16.0. The molecule has 1 N–H and O–H groups in total. The van der Waals surface area contributed by atoms with E-state index in [1.54, 1.807) is 0 Å². The molecule has 0 unspecified atom stereocenters. The SMILES string of the molecule is CCC[C@H](COc1cc(C(C)(C)C)ccc1F)NC.[HH]. The number of benzene rings is 1. The maximum Gasteiger partial charge on any atom is 0.165 e. The molecule has 110 valence electrons. The molecule has 0 heterocycles. The van der Waals surface area contributed by atoms with E-state index < -0.39 is 0 Å². The summed E-state index contributed by atoms with van der Waals surface area (Å²) in [5.41, 5.74) is 1.08. The Morgan fingerprint density at radius 2 is 2.05 bits per heavy atom. The Balaban J connectivity index is 0.00000361. The Kier molecular flexibility index (Phi) is 5.80. The monoisotopic (exact) mass is 269 g/mol. The van der Waals surface area contributed by atoms with Crippen LogP contribution in [0.5, 0.6) is 5.75 Å². The first-order valence-corrected chi connectivity index (χ1v) is 6.98. The lowest BCUT2D eigenvalue weighted by molar-refractivity contribution is 0.252. The molecular formula is C16H28FNO. The van der Waals surface area contributed by atoms with E-state index in [1.165, 1.54) is 6.07 Å². The van der Waals surface area contributed by atoms with Gasteiger partial charge < -0.3 is 10.1 Å². The zero-order valence-corrected chi connectivity index (χ0v) is 12.7. The van der Waals surface area contributed by atoms with E-state index in [0.29, 0.717) is 12.4 Å². The summed E-state index contributed by atoms with van der Waals surface area (Å²) in [6.45, 7) is 8.95. The van der Waals surface area contributed by atoms with Crippen LogP contribution in [0, 0.1) is 5.82 Å². The van der Waals surface area contributed by atoms with Crippen LogP contribution in [0.4, 0.5) is 4.39 Å². The molecule has 0 aromatic heterocycles. The Bertz CT molecular complexity index is 404. The topological polar surface area (TPSA) is 21.3 Å². The van der Waals surface area contributed by atoms with Crippen LogP contribution in [0.1, 0.15) is 47.5 Å². The lowest BCUT2D eigenvalue weighted by Crippen LogP contribution is -2.31. The Morgan fingerprint density at radius 3 is 2.58 bits per heavy atom. The van der Waals surface area contributed by atoms with Crippen molar-refractivity contribution in [2.24, 2.45) is 0 Å². The largest absolute Gasteiger partial charge is 0.489 e. The summed E-state index contributed by atoms with van der Waals surface area (Å²) in [4.78, 5) is 0. The third-order valence-electron chi connectivity index (χ3n) is 3.28. The lowest BCUT2D eigenvalue weighted by atomic mass is 9.87. The summed E-state index contributed by atoms with van der Waals surface area (Å²) in [6.07, 6.45) is 2.11.